The molecule has 1 aliphatic carbocycles. The highest BCUT2D eigenvalue weighted by atomic mass is 16.4. The minimum absolute atomic E-state index is 0.0726. The van der Waals surface area contributed by atoms with Crippen molar-refractivity contribution >= 4 is 17.7 Å². The number of aryl methyl sites for hydroxylation is 1. The van der Waals surface area contributed by atoms with Crippen LogP contribution in [0.5, 0.6) is 0 Å². The predicted octanol–water partition coefficient (Wildman–Crippen LogP) is 2.07. The molecule has 1 aromatic rings. The molecule has 0 saturated carbocycles. The zero-order chi connectivity index (χ0) is 16.3. The van der Waals surface area contributed by atoms with Gasteiger partial charge in [0.1, 0.15) is 5.69 Å². The number of amides is 1. The zero-order valence-electron chi connectivity index (χ0n) is 13.0. The smallest absolute Gasteiger partial charge is 0.308 e. The quantitative estimate of drug-likeness (QED) is 0.749. The third kappa shape index (κ3) is 3.21. The summed E-state index contributed by atoms with van der Waals surface area (Å²) in [5, 5.41) is 11.8. The van der Waals surface area contributed by atoms with E-state index in [0.717, 1.165) is 25.0 Å². The highest BCUT2D eigenvalue weighted by Crippen LogP contribution is 2.26. The molecule has 22 heavy (non-hydrogen) atoms. The van der Waals surface area contributed by atoms with Gasteiger partial charge in [-0.15, -0.1) is 0 Å². The first-order chi connectivity index (χ1) is 10.5. The van der Waals surface area contributed by atoms with Crippen molar-refractivity contribution in [2.24, 2.45) is 5.92 Å². The molecular weight excluding hydrogens is 284 g/mol. The molecule has 1 unspecified atom stereocenters. The van der Waals surface area contributed by atoms with E-state index in [9.17, 15) is 14.4 Å². The summed E-state index contributed by atoms with van der Waals surface area (Å²) in [4.78, 5) is 38.4. The van der Waals surface area contributed by atoms with Crippen molar-refractivity contribution in [2.75, 3.05) is 6.54 Å². The van der Waals surface area contributed by atoms with Crippen LogP contribution in [0, 0.1) is 12.8 Å². The van der Waals surface area contributed by atoms with Gasteiger partial charge in [-0.25, -0.2) is 0 Å². The molecule has 6 heteroatoms. The second kappa shape index (κ2) is 6.77. The summed E-state index contributed by atoms with van der Waals surface area (Å²) in [6.07, 6.45) is 3.35. The van der Waals surface area contributed by atoms with Crippen molar-refractivity contribution in [1.82, 2.24) is 10.3 Å². The SMILES string of the molecule is CCCC(CNC(=O)c1[nH]c2c(c1C)C(=O)CCC2)C(=O)O. The summed E-state index contributed by atoms with van der Waals surface area (Å²) in [6, 6.07) is 0. The maximum absolute atomic E-state index is 12.3. The lowest BCUT2D eigenvalue weighted by atomic mass is 9.94. The van der Waals surface area contributed by atoms with E-state index in [-0.39, 0.29) is 18.2 Å². The molecule has 0 radical (unpaired) electrons. The van der Waals surface area contributed by atoms with Crippen molar-refractivity contribution in [1.29, 1.82) is 0 Å². The van der Waals surface area contributed by atoms with Crippen LogP contribution >= 0.6 is 0 Å². The summed E-state index contributed by atoms with van der Waals surface area (Å²) in [5.74, 6) is -1.76. The molecule has 3 N–H and O–H groups in total. The van der Waals surface area contributed by atoms with Crippen LogP contribution in [-0.4, -0.2) is 34.3 Å². The average Bonchev–Trinajstić information content (AvgIpc) is 2.81. The minimum atomic E-state index is -0.903. The van der Waals surface area contributed by atoms with Gasteiger partial charge in [-0.05, 0) is 31.7 Å². The fraction of sp³-hybridized carbons (Fsp3) is 0.562. The number of rotatable bonds is 6. The third-order valence-electron chi connectivity index (χ3n) is 4.16. The molecule has 0 fully saturated rings. The van der Waals surface area contributed by atoms with Gasteiger partial charge in [0.05, 0.1) is 5.92 Å². The second-order valence-corrected chi connectivity index (χ2v) is 5.79. The van der Waals surface area contributed by atoms with Gasteiger partial charge in [-0.1, -0.05) is 13.3 Å². The Morgan fingerprint density at radius 1 is 1.36 bits per heavy atom. The van der Waals surface area contributed by atoms with Gasteiger partial charge >= 0.3 is 5.97 Å². The molecule has 0 saturated heterocycles. The Labute approximate surface area is 129 Å². The number of carboxylic acids is 1. The summed E-state index contributed by atoms with van der Waals surface area (Å²) in [7, 11) is 0. The van der Waals surface area contributed by atoms with Crippen LogP contribution in [0.15, 0.2) is 0 Å². The number of carbonyl (C=O) groups excluding carboxylic acids is 2. The topological polar surface area (TPSA) is 99.3 Å². The Balaban J connectivity index is 2.10. The molecule has 0 aliphatic heterocycles. The Kier molecular flexibility index (Phi) is 5.00. The van der Waals surface area contributed by atoms with Crippen molar-refractivity contribution in [3.8, 4) is 0 Å². The highest BCUT2D eigenvalue weighted by molar-refractivity contribution is 6.04. The molecule has 1 aliphatic rings. The molecule has 6 nitrogen and oxygen atoms in total. The number of carboxylic acid groups (broad SMARTS) is 1. The maximum atomic E-state index is 12.3. The molecule has 1 aromatic heterocycles. The average molecular weight is 306 g/mol. The first kappa shape index (κ1) is 16.3. The summed E-state index contributed by atoms with van der Waals surface area (Å²) in [5.41, 5.74) is 2.50. The molecule has 1 amide bonds. The lowest BCUT2D eigenvalue weighted by molar-refractivity contribution is -0.141. The van der Waals surface area contributed by atoms with Gasteiger partial charge in [0, 0.05) is 24.2 Å². The first-order valence-corrected chi connectivity index (χ1v) is 7.71. The highest BCUT2D eigenvalue weighted by Gasteiger charge is 2.26. The van der Waals surface area contributed by atoms with Crippen LogP contribution in [0.1, 0.15) is 64.7 Å². The number of hydrogen-bond donors (Lipinski definition) is 3. The number of ketones is 1. The van der Waals surface area contributed by atoms with Gasteiger partial charge in [0.15, 0.2) is 5.78 Å². The van der Waals surface area contributed by atoms with E-state index >= 15 is 0 Å². The molecule has 0 bridgehead atoms. The number of H-pyrrole nitrogens is 1. The lowest BCUT2D eigenvalue weighted by Gasteiger charge is -2.12. The monoisotopic (exact) mass is 306 g/mol. The molecule has 1 heterocycles. The van der Waals surface area contributed by atoms with Crippen molar-refractivity contribution in [3.05, 3.63) is 22.5 Å². The first-order valence-electron chi connectivity index (χ1n) is 7.71. The molecule has 120 valence electrons. The molecule has 0 aromatic carbocycles. The molecular formula is C16H22N2O4. The van der Waals surface area contributed by atoms with Crippen LogP contribution in [-0.2, 0) is 11.2 Å². The van der Waals surface area contributed by atoms with Gasteiger partial charge in [-0.3, -0.25) is 14.4 Å². The van der Waals surface area contributed by atoms with Gasteiger partial charge in [0.25, 0.3) is 5.91 Å². The molecule has 0 spiro atoms. The number of aromatic amines is 1. The van der Waals surface area contributed by atoms with Gasteiger partial charge < -0.3 is 15.4 Å². The second-order valence-electron chi connectivity index (χ2n) is 5.79. The lowest BCUT2D eigenvalue weighted by Crippen LogP contribution is -2.33. The summed E-state index contributed by atoms with van der Waals surface area (Å²) < 4.78 is 0. The van der Waals surface area contributed by atoms with Gasteiger partial charge in [0.2, 0.25) is 0 Å². The Morgan fingerprint density at radius 3 is 2.68 bits per heavy atom. The molecule has 2 rings (SSSR count). The van der Waals surface area contributed by atoms with Crippen LogP contribution in [0.4, 0.5) is 0 Å². The third-order valence-corrected chi connectivity index (χ3v) is 4.16. The Hall–Kier alpha value is -2.11. The predicted molar refractivity (Wildman–Crippen MR) is 81.2 cm³/mol. The number of aromatic nitrogens is 1. The Bertz CT molecular complexity index is 604. The van der Waals surface area contributed by atoms with Crippen LogP contribution in [0.2, 0.25) is 0 Å². The fourth-order valence-electron chi connectivity index (χ4n) is 2.97. The summed E-state index contributed by atoms with van der Waals surface area (Å²) >= 11 is 0. The Morgan fingerprint density at radius 2 is 2.09 bits per heavy atom. The van der Waals surface area contributed by atoms with E-state index in [1.807, 2.05) is 6.92 Å². The largest absolute Gasteiger partial charge is 0.481 e. The van der Waals surface area contributed by atoms with E-state index in [4.69, 9.17) is 5.11 Å². The van der Waals surface area contributed by atoms with E-state index in [0.29, 0.717) is 29.7 Å². The van der Waals surface area contributed by atoms with E-state index in [1.165, 1.54) is 0 Å². The number of hydrogen-bond acceptors (Lipinski definition) is 3. The van der Waals surface area contributed by atoms with E-state index in [2.05, 4.69) is 10.3 Å². The van der Waals surface area contributed by atoms with E-state index < -0.39 is 11.9 Å². The minimum Gasteiger partial charge on any atom is -0.481 e. The van der Waals surface area contributed by atoms with Crippen LogP contribution < -0.4 is 5.32 Å². The number of fused-ring (bicyclic) bond motifs is 1. The van der Waals surface area contributed by atoms with Gasteiger partial charge in [-0.2, -0.15) is 0 Å². The van der Waals surface area contributed by atoms with Crippen LogP contribution in [0.3, 0.4) is 0 Å². The molecule has 1 atom stereocenters. The fourth-order valence-corrected chi connectivity index (χ4v) is 2.97. The maximum Gasteiger partial charge on any atom is 0.308 e. The number of nitrogens with one attached hydrogen (secondary N) is 2. The van der Waals surface area contributed by atoms with Crippen molar-refractivity contribution < 1.29 is 19.5 Å². The van der Waals surface area contributed by atoms with Crippen molar-refractivity contribution in [2.45, 2.75) is 46.0 Å². The zero-order valence-corrected chi connectivity index (χ0v) is 13.0. The normalized spacial score (nSPS) is 15.3. The summed E-state index contributed by atoms with van der Waals surface area (Å²) in [6.45, 7) is 3.76. The van der Waals surface area contributed by atoms with E-state index in [1.54, 1.807) is 6.92 Å². The standard InChI is InChI=1S/C16H22N2O4/c1-3-5-10(16(21)22)8-17-15(20)14-9(2)13-11(18-14)6-4-7-12(13)19/h10,18H,3-8H2,1-2H3,(H,17,20)(H,21,22). The number of aliphatic carboxylic acids is 1. The number of Topliss-reactive ketones (excluding diaryl/α,β-unsaturated/α-hetero) is 1. The number of carbonyl (C=O) groups is 3. The van der Waals surface area contributed by atoms with Crippen molar-refractivity contribution in [3.63, 3.8) is 0 Å². The van der Waals surface area contributed by atoms with Crippen LogP contribution in [0.25, 0.3) is 0 Å².